The average Bonchev–Trinajstić information content (AvgIpc) is 3.43. The molecule has 0 spiro atoms. The van der Waals surface area contributed by atoms with Gasteiger partial charge in [-0.1, -0.05) is 29.8 Å². The van der Waals surface area contributed by atoms with Crippen LogP contribution in [0.15, 0.2) is 48.5 Å². The van der Waals surface area contributed by atoms with E-state index in [1.54, 1.807) is 0 Å². The van der Waals surface area contributed by atoms with Crippen LogP contribution in [0.25, 0.3) is 28.0 Å². The third kappa shape index (κ3) is 7.16. The summed E-state index contributed by atoms with van der Waals surface area (Å²) < 4.78 is 21.1. The van der Waals surface area contributed by atoms with E-state index < -0.39 is 17.7 Å². The fourth-order valence-corrected chi connectivity index (χ4v) is 6.74. The Morgan fingerprint density at radius 2 is 1.81 bits per heavy atom. The molecule has 2 aromatic heterocycles. The van der Waals surface area contributed by atoms with Crippen LogP contribution in [-0.4, -0.2) is 62.7 Å². The van der Waals surface area contributed by atoms with Crippen molar-refractivity contribution in [2.75, 3.05) is 24.6 Å². The molecule has 0 unspecified atom stereocenters. The topological polar surface area (TPSA) is 98.4 Å². The van der Waals surface area contributed by atoms with Crippen LogP contribution in [0.2, 0.25) is 0 Å². The summed E-state index contributed by atoms with van der Waals surface area (Å²) in [6.07, 6.45) is 3.39. The first kappa shape index (κ1) is 33.0. The van der Waals surface area contributed by atoms with Gasteiger partial charge in [0.15, 0.2) is 11.8 Å². The molecular formula is C38H48N4O5. The van der Waals surface area contributed by atoms with Crippen molar-refractivity contribution in [3.8, 4) is 28.1 Å². The highest BCUT2D eigenvalue weighted by Gasteiger charge is 2.38. The lowest BCUT2D eigenvalue weighted by Gasteiger charge is -2.41. The van der Waals surface area contributed by atoms with E-state index in [2.05, 4.69) is 62.1 Å². The molecule has 47 heavy (non-hydrogen) atoms. The van der Waals surface area contributed by atoms with E-state index in [-0.39, 0.29) is 11.7 Å². The van der Waals surface area contributed by atoms with Crippen molar-refractivity contribution >= 4 is 17.4 Å². The van der Waals surface area contributed by atoms with Crippen LogP contribution in [0.1, 0.15) is 89.6 Å². The largest absolute Gasteiger partial charge is 0.490 e. The molecule has 1 fully saturated rings. The molecule has 1 saturated heterocycles. The molecule has 3 aliphatic rings. The van der Waals surface area contributed by atoms with E-state index in [4.69, 9.17) is 24.3 Å². The molecular weight excluding hydrogens is 592 g/mol. The molecule has 0 aliphatic carbocycles. The summed E-state index contributed by atoms with van der Waals surface area (Å²) >= 11 is 0. The zero-order valence-corrected chi connectivity index (χ0v) is 28.8. The summed E-state index contributed by atoms with van der Waals surface area (Å²) in [4.78, 5) is 20.0. The molecule has 6 bridgehead atoms. The number of piperidine rings is 1. The van der Waals surface area contributed by atoms with Gasteiger partial charge in [-0.05, 0) is 104 Å². The molecule has 4 aromatic rings. The molecule has 0 radical (unpaired) electrons. The van der Waals surface area contributed by atoms with E-state index in [9.17, 15) is 9.90 Å². The highest BCUT2D eigenvalue weighted by Crippen LogP contribution is 2.39. The van der Waals surface area contributed by atoms with Gasteiger partial charge in [0, 0.05) is 42.6 Å². The van der Waals surface area contributed by atoms with Crippen molar-refractivity contribution in [3.05, 3.63) is 65.4 Å². The molecule has 1 N–H and O–H groups in total. The zero-order chi connectivity index (χ0) is 33.5. The van der Waals surface area contributed by atoms with Gasteiger partial charge >= 0.3 is 5.97 Å². The molecule has 2 atom stereocenters. The Morgan fingerprint density at radius 1 is 1.06 bits per heavy atom. The summed E-state index contributed by atoms with van der Waals surface area (Å²) in [5.74, 6) is 0.523. The Labute approximate surface area is 277 Å². The monoisotopic (exact) mass is 640 g/mol. The lowest BCUT2D eigenvalue weighted by atomic mass is 9.92. The number of benzene rings is 2. The van der Waals surface area contributed by atoms with Gasteiger partial charge in [0.2, 0.25) is 0 Å². The summed E-state index contributed by atoms with van der Waals surface area (Å²) in [7, 11) is 0. The lowest BCUT2D eigenvalue weighted by Crippen LogP contribution is -2.46. The number of aromatic nitrogens is 3. The summed E-state index contributed by atoms with van der Waals surface area (Å²) in [6, 6.07) is 16.7. The zero-order valence-electron chi connectivity index (χ0n) is 28.8. The normalized spacial score (nSPS) is 21.3. The highest BCUT2D eigenvalue weighted by atomic mass is 16.5. The van der Waals surface area contributed by atoms with Crippen LogP contribution in [0.5, 0.6) is 5.75 Å². The van der Waals surface area contributed by atoms with Gasteiger partial charge in [-0.2, -0.15) is 9.61 Å². The van der Waals surface area contributed by atoms with Gasteiger partial charge in [0.1, 0.15) is 11.6 Å². The van der Waals surface area contributed by atoms with Gasteiger partial charge in [-0.3, -0.25) is 0 Å². The number of ether oxygens (including phenoxy) is 3. The van der Waals surface area contributed by atoms with Crippen molar-refractivity contribution in [2.24, 2.45) is 0 Å². The van der Waals surface area contributed by atoms with Crippen molar-refractivity contribution < 1.29 is 24.1 Å². The van der Waals surface area contributed by atoms with E-state index in [1.807, 2.05) is 44.3 Å². The predicted molar refractivity (Wildman–Crippen MR) is 184 cm³/mol. The molecule has 7 rings (SSSR count). The fourth-order valence-electron chi connectivity index (χ4n) is 6.74. The highest BCUT2D eigenvalue weighted by molar-refractivity contribution is 5.80. The summed E-state index contributed by atoms with van der Waals surface area (Å²) in [6.45, 7) is 16.0. The quantitative estimate of drug-likeness (QED) is 0.241. The minimum atomic E-state index is -1.21. The third-order valence-corrected chi connectivity index (χ3v) is 9.27. The molecule has 9 nitrogen and oxygen atoms in total. The van der Waals surface area contributed by atoms with E-state index >= 15 is 0 Å². The maximum atomic E-state index is 12.8. The maximum Gasteiger partial charge on any atom is 0.337 e. The number of rotatable bonds is 3. The lowest BCUT2D eigenvalue weighted by molar-refractivity contribution is -0.160. The first-order valence-corrected chi connectivity index (χ1v) is 16.9. The van der Waals surface area contributed by atoms with Crippen molar-refractivity contribution in [1.29, 1.82) is 0 Å². The molecule has 3 aliphatic heterocycles. The number of hydrogen-bond acceptors (Lipinski definition) is 7. The fraction of sp³-hybridized carbons (Fsp3) is 0.500. The Bertz CT molecular complexity index is 1770. The van der Waals surface area contributed by atoms with E-state index in [0.29, 0.717) is 42.4 Å². The Hall–Kier alpha value is -3.95. The van der Waals surface area contributed by atoms with Crippen molar-refractivity contribution in [3.63, 3.8) is 0 Å². The number of aryl methyl sites for hydroxylation is 2. The first-order chi connectivity index (χ1) is 22.3. The Balaban J connectivity index is 1.53. The molecule has 5 heterocycles. The summed E-state index contributed by atoms with van der Waals surface area (Å²) in [5.41, 5.74) is 5.78. The second-order valence-corrected chi connectivity index (χ2v) is 14.5. The summed E-state index contributed by atoms with van der Waals surface area (Å²) in [5, 5.41) is 15.6. The molecule has 250 valence electrons. The van der Waals surface area contributed by atoms with Gasteiger partial charge in [0.05, 0.1) is 28.6 Å². The van der Waals surface area contributed by atoms with Crippen LogP contribution in [0.4, 0.5) is 5.82 Å². The molecule has 2 aromatic carbocycles. The minimum Gasteiger partial charge on any atom is -0.490 e. The minimum absolute atomic E-state index is 0.0707. The van der Waals surface area contributed by atoms with Crippen molar-refractivity contribution in [2.45, 2.75) is 104 Å². The van der Waals surface area contributed by atoms with Crippen LogP contribution in [0, 0.1) is 13.8 Å². The van der Waals surface area contributed by atoms with E-state index in [0.717, 1.165) is 65.8 Å². The number of hydrogen-bond donors (Lipinski definition) is 1. The molecule has 0 saturated carbocycles. The second kappa shape index (κ2) is 12.9. The second-order valence-electron chi connectivity index (χ2n) is 14.5. The smallest absolute Gasteiger partial charge is 0.337 e. The van der Waals surface area contributed by atoms with Crippen LogP contribution < -0.4 is 9.64 Å². The van der Waals surface area contributed by atoms with Crippen LogP contribution in [-0.2, 0) is 14.3 Å². The van der Waals surface area contributed by atoms with Crippen molar-refractivity contribution in [1.82, 2.24) is 14.6 Å². The number of carboxylic acid groups (broad SMARTS) is 1. The predicted octanol–water partition coefficient (Wildman–Crippen LogP) is 7.95. The van der Waals surface area contributed by atoms with Gasteiger partial charge in [0.25, 0.3) is 0 Å². The SMILES string of the molecule is Cc1ccc2c(c1)-c1cccc(c1)-c1cc3nc(C)c([C@H](OC(C)(C)C)C(=O)O)c(n3n1)N1CCC(C)(CC1)OCCCC[C@H](C)O2. The van der Waals surface area contributed by atoms with Crippen LogP contribution >= 0.6 is 0 Å². The van der Waals surface area contributed by atoms with Crippen LogP contribution in [0.3, 0.4) is 0 Å². The number of aliphatic carboxylic acids is 1. The Kier molecular flexibility index (Phi) is 9.06. The van der Waals surface area contributed by atoms with Gasteiger partial charge < -0.3 is 24.2 Å². The number of carbonyl (C=O) groups is 1. The van der Waals surface area contributed by atoms with Gasteiger partial charge in [-0.15, -0.1) is 0 Å². The first-order valence-electron chi connectivity index (χ1n) is 16.9. The number of carboxylic acids is 1. The third-order valence-electron chi connectivity index (χ3n) is 9.27. The number of anilines is 1. The number of fused-ring (bicyclic) bond motifs is 8. The standard InChI is InChI=1S/C38H48N4O5/c1-24-14-15-31-29(21-24)27-12-10-13-28(22-27)30-23-32-39-26(3)33(34(36(43)44)47-37(4,5)6)35(42(32)40-30)41-18-16-38(7,17-19-41)45-20-9-8-11-25(2)46-31/h10,12-15,21-23,25,34H,8-9,11,16-20H2,1-7H3,(H,43,44)/t25-,34-/m0/s1. The molecule has 9 heteroatoms. The Morgan fingerprint density at radius 3 is 2.53 bits per heavy atom. The average molecular weight is 641 g/mol. The maximum absolute atomic E-state index is 12.8. The van der Waals surface area contributed by atoms with E-state index in [1.165, 1.54) is 0 Å². The molecule has 0 amide bonds. The van der Waals surface area contributed by atoms with Gasteiger partial charge in [-0.25, -0.2) is 9.78 Å². The number of nitrogens with zero attached hydrogens (tertiary/aromatic N) is 4.